The van der Waals surface area contributed by atoms with E-state index in [9.17, 15) is 8.42 Å². The number of nitrogens with one attached hydrogen (secondary N) is 2. The molecular weight excluding hydrogens is 451 g/mol. The average Bonchev–Trinajstić information content (AvgIpc) is 3.02. The van der Waals surface area contributed by atoms with Crippen molar-refractivity contribution in [3.8, 4) is 0 Å². The lowest BCUT2D eigenvalue weighted by molar-refractivity contribution is 0.493. The van der Waals surface area contributed by atoms with E-state index in [0.717, 1.165) is 30.2 Å². The van der Waals surface area contributed by atoms with E-state index in [1.165, 1.54) is 12.8 Å². The SMILES string of the molecule is CN=C(NCc1ccc(CS(=O)(=O)NC(C)C)cc1)N1CCCC1.I. The lowest BCUT2D eigenvalue weighted by atomic mass is 10.1. The summed E-state index contributed by atoms with van der Waals surface area (Å²) in [6.07, 6.45) is 2.43. The van der Waals surface area contributed by atoms with Gasteiger partial charge in [0.1, 0.15) is 0 Å². The third kappa shape index (κ3) is 7.49. The second kappa shape index (κ2) is 10.3. The maximum atomic E-state index is 12.0. The summed E-state index contributed by atoms with van der Waals surface area (Å²) < 4.78 is 26.5. The van der Waals surface area contributed by atoms with E-state index in [1.54, 1.807) is 7.05 Å². The van der Waals surface area contributed by atoms with Crippen molar-refractivity contribution < 1.29 is 8.42 Å². The van der Waals surface area contributed by atoms with E-state index >= 15 is 0 Å². The fraction of sp³-hybridized carbons (Fsp3) is 0.588. The largest absolute Gasteiger partial charge is 0.352 e. The number of halogens is 1. The molecule has 2 N–H and O–H groups in total. The van der Waals surface area contributed by atoms with Crippen LogP contribution in [0.4, 0.5) is 0 Å². The van der Waals surface area contributed by atoms with Crippen LogP contribution < -0.4 is 10.0 Å². The monoisotopic (exact) mass is 480 g/mol. The zero-order valence-corrected chi connectivity index (χ0v) is 18.3. The van der Waals surface area contributed by atoms with Crippen LogP contribution in [0.1, 0.15) is 37.8 Å². The Morgan fingerprint density at radius 3 is 2.24 bits per heavy atom. The molecule has 0 amide bonds. The number of sulfonamides is 1. The summed E-state index contributed by atoms with van der Waals surface area (Å²) >= 11 is 0. The first-order valence-corrected chi connectivity index (χ1v) is 10.1. The molecule has 1 saturated heterocycles. The molecule has 0 radical (unpaired) electrons. The van der Waals surface area contributed by atoms with Gasteiger partial charge in [-0.1, -0.05) is 24.3 Å². The predicted octanol–water partition coefficient (Wildman–Crippen LogP) is 2.30. The van der Waals surface area contributed by atoms with Crippen LogP contribution in [0, 0.1) is 0 Å². The maximum absolute atomic E-state index is 12.0. The minimum absolute atomic E-state index is 0. The van der Waals surface area contributed by atoms with Crippen LogP contribution in [-0.4, -0.2) is 45.5 Å². The molecule has 1 aromatic rings. The molecule has 0 unspecified atom stereocenters. The predicted molar refractivity (Wildman–Crippen MR) is 114 cm³/mol. The van der Waals surface area contributed by atoms with Gasteiger partial charge in [0.15, 0.2) is 5.96 Å². The van der Waals surface area contributed by atoms with E-state index in [-0.39, 0.29) is 35.8 Å². The van der Waals surface area contributed by atoms with Crippen molar-refractivity contribution in [3.05, 3.63) is 35.4 Å². The zero-order chi connectivity index (χ0) is 17.6. The molecule has 25 heavy (non-hydrogen) atoms. The molecule has 0 aliphatic carbocycles. The molecule has 0 aromatic heterocycles. The fourth-order valence-corrected chi connectivity index (χ4v) is 4.25. The van der Waals surface area contributed by atoms with E-state index < -0.39 is 10.0 Å². The Morgan fingerprint density at radius 2 is 1.72 bits per heavy atom. The molecule has 1 fully saturated rings. The number of hydrogen-bond acceptors (Lipinski definition) is 3. The van der Waals surface area contributed by atoms with Crippen molar-refractivity contribution >= 4 is 40.0 Å². The van der Waals surface area contributed by atoms with Crippen molar-refractivity contribution in [2.75, 3.05) is 20.1 Å². The summed E-state index contributed by atoms with van der Waals surface area (Å²) in [6, 6.07) is 7.58. The smallest absolute Gasteiger partial charge is 0.216 e. The quantitative estimate of drug-likeness (QED) is 0.373. The lowest BCUT2D eigenvalue weighted by Gasteiger charge is -2.20. The Labute approximate surface area is 168 Å². The third-order valence-corrected chi connectivity index (χ3v) is 5.41. The Hall–Kier alpha value is -0.870. The molecule has 1 heterocycles. The molecule has 0 bridgehead atoms. The molecule has 0 atom stereocenters. The highest BCUT2D eigenvalue weighted by Crippen LogP contribution is 2.10. The topological polar surface area (TPSA) is 73.8 Å². The number of nitrogens with zero attached hydrogens (tertiary/aromatic N) is 2. The standard InChI is InChI=1S/C17H28N4O2S.HI/c1-14(2)20-24(22,23)13-16-8-6-15(7-9-16)12-19-17(18-3)21-10-4-5-11-21;/h6-9,14,20H,4-5,10-13H2,1-3H3,(H,18,19);1H. The van der Waals surface area contributed by atoms with Crippen molar-refractivity contribution in [3.63, 3.8) is 0 Å². The van der Waals surface area contributed by atoms with E-state index in [4.69, 9.17) is 0 Å². The van der Waals surface area contributed by atoms with Crippen molar-refractivity contribution in [2.45, 2.75) is 45.0 Å². The third-order valence-electron chi connectivity index (χ3n) is 3.86. The zero-order valence-electron chi connectivity index (χ0n) is 15.2. The normalized spacial score (nSPS) is 15.4. The summed E-state index contributed by atoms with van der Waals surface area (Å²) in [4.78, 5) is 6.58. The minimum Gasteiger partial charge on any atom is -0.352 e. The molecule has 1 aliphatic heterocycles. The van der Waals surface area contributed by atoms with Crippen LogP contribution in [-0.2, 0) is 22.3 Å². The number of aliphatic imine (C=N–C) groups is 1. The Bertz CT molecular complexity index is 654. The summed E-state index contributed by atoms with van der Waals surface area (Å²) in [5.74, 6) is 0.939. The van der Waals surface area contributed by atoms with Gasteiger partial charge in [-0.25, -0.2) is 13.1 Å². The number of benzene rings is 1. The first-order valence-electron chi connectivity index (χ1n) is 8.43. The second-order valence-corrected chi connectivity index (χ2v) is 8.20. The summed E-state index contributed by atoms with van der Waals surface area (Å²) in [5.41, 5.74) is 1.89. The molecular formula is C17H29IN4O2S. The summed E-state index contributed by atoms with van der Waals surface area (Å²) in [7, 11) is -1.48. The van der Waals surface area contributed by atoms with Crippen LogP contribution in [0.25, 0.3) is 0 Å². The molecule has 8 heteroatoms. The summed E-state index contributed by atoms with van der Waals surface area (Å²) in [6.45, 7) is 6.43. The number of guanidine groups is 1. The highest BCUT2D eigenvalue weighted by molar-refractivity contribution is 14.0. The number of rotatable bonds is 6. The lowest BCUT2D eigenvalue weighted by Crippen LogP contribution is -2.39. The van der Waals surface area contributed by atoms with Crippen molar-refractivity contribution in [1.82, 2.24) is 14.9 Å². The van der Waals surface area contributed by atoms with E-state index in [2.05, 4.69) is 19.9 Å². The molecule has 142 valence electrons. The Balaban J connectivity index is 0.00000312. The van der Waals surface area contributed by atoms with E-state index in [0.29, 0.717) is 6.54 Å². The Morgan fingerprint density at radius 1 is 1.16 bits per heavy atom. The molecule has 0 spiro atoms. The molecule has 0 saturated carbocycles. The van der Waals surface area contributed by atoms with Crippen LogP contribution in [0.3, 0.4) is 0 Å². The van der Waals surface area contributed by atoms with Crippen molar-refractivity contribution in [2.24, 2.45) is 4.99 Å². The molecule has 6 nitrogen and oxygen atoms in total. The van der Waals surface area contributed by atoms with Crippen molar-refractivity contribution in [1.29, 1.82) is 0 Å². The average molecular weight is 480 g/mol. The van der Waals surface area contributed by atoms with Gasteiger partial charge in [0.2, 0.25) is 10.0 Å². The van der Waals surface area contributed by atoms with Crippen LogP contribution in [0.2, 0.25) is 0 Å². The van der Waals surface area contributed by atoms with Gasteiger partial charge in [-0.05, 0) is 37.8 Å². The van der Waals surface area contributed by atoms with E-state index in [1.807, 2.05) is 38.1 Å². The van der Waals surface area contributed by atoms with Gasteiger partial charge in [0.25, 0.3) is 0 Å². The van der Waals surface area contributed by atoms with Gasteiger partial charge < -0.3 is 10.2 Å². The number of hydrogen-bond donors (Lipinski definition) is 2. The number of likely N-dealkylation sites (tertiary alicyclic amines) is 1. The van der Waals surface area contributed by atoms with Gasteiger partial charge >= 0.3 is 0 Å². The Kier molecular flexibility index (Phi) is 9.15. The van der Waals surface area contributed by atoms with Gasteiger partial charge in [0, 0.05) is 32.7 Å². The molecule has 2 rings (SSSR count). The molecule has 1 aromatic carbocycles. The molecule has 1 aliphatic rings. The maximum Gasteiger partial charge on any atom is 0.216 e. The van der Waals surface area contributed by atoms with Gasteiger partial charge in [-0.15, -0.1) is 24.0 Å². The van der Waals surface area contributed by atoms with Crippen LogP contribution >= 0.6 is 24.0 Å². The summed E-state index contributed by atoms with van der Waals surface area (Å²) in [5, 5.41) is 3.37. The van der Waals surface area contributed by atoms with Crippen LogP contribution in [0.5, 0.6) is 0 Å². The first kappa shape index (κ1) is 22.2. The first-order chi connectivity index (χ1) is 11.4. The van der Waals surface area contributed by atoms with Gasteiger partial charge in [0.05, 0.1) is 5.75 Å². The highest BCUT2D eigenvalue weighted by Gasteiger charge is 2.15. The fourth-order valence-electron chi connectivity index (χ4n) is 2.82. The second-order valence-electron chi connectivity index (χ2n) is 6.44. The van der Waals surface area contributed by atoms with Crippen LogP contribution in [0.15, 0.2) is 29.3 Å². The highest BCUT2D eigenvalue weighted by atomic mass is 127. The minimum atomic E-state index is -3.28. The van der Waals surface area contributed by atoms with Gasteiger partial charge in [-0.2, -0.15) is 0 Å². The van der Waals surface area contributed by atoms with Gasteiger partial charge in [-0.3, -0.25) is 4.99 Å².